The van der Waals surface area contributed by atoms with Crippen LogP contribution in [0.25, 0.3) is 0 Å². The van der Waals surface area contributed by atoms with Crippen LogP contribution in [0.3, 0.4) is 0 Å². The molecule has 0 fully saturated rings. The van der Waals surface area contributed by atoms with Crippen LogP contribution in [0.4, 0.5) is 13.2 Å². The minimum atomic E-state index is -3.08. The highest BCUT2D eigenvalue weighted by Crippen LogP contribution is 2.26. The Morgan fingerprint density at radius 3 is 2.76 bits per heavy atom. The van der Waals surface area contributed by atoms with E-state index in [9.17, 15) is 23.1 Å². The van der Waals surface area contributed by atoms with Crippen LogP contribution in [-0.2, 0) is 16.0 Å². The minimum Gasteiger partial charge on any atom is -0.506 e. The van der Waals surface area contributed by atoms with Crippen molar-refractivity contribution < 1.29 is 27.8 Å². The van der Waals surface area contributed by atoms with Crippen LogP contribution in [-0.4, -0.2) is 22.7 Å². The van der Waals surface area contributed by atoms with Gasteiger partial charge in [-0.15, -0.1) is 0 Å². The molecule has 1 heterocycles. The Kier molecular flexibility index (Phi) is 4.30. The number of esters is 1. The number of aromatic hydroxyl groups is 1. The molecule has 0 unspecified atom stereocenters. The first-order chi connectivity index (χ1) is 7.95. The average Bonchev–Trinajstić information content (AvgIpc) is 2.22. The van der Waals surface area contributed by atoms with Crippen molar-refractivity contribution in [1.82, 2.24) is 4.98 Å². The zero-order chi connectivity index (χ0) is 13.0. The van der Waals surface area contributed by atoms with Crippen molar-refractivity contribution in [1.29, 1.82) is 0 Å². The highest BCUT2D eigenvalue weighted by Gasteiger charge is 2.19. The first-order valence-corrected chi connectivity index (χ1v) is 4.77. The molecule has 1 N–H and O–H groups in total. The van der Waals surface area contributed by atoms with E-state index in [1.54, 1.807) is 6.92 Å². The Morgan fingerprint density at radius 1 is 1.59 bits per heavy atom. The molecular weight excluding hydrogens is 239 g/mol. The summed E-state index contributed by atoms with van der Waals surface area (Å²) >= 11 is 0. The summed E-state index contributed by atoms with van der Waals surface area (Å²) in [4.78, 5) is 14.2. The molecule has 94 valence electrons. The second kappa shape index (κ2) is 5.51. The average molecular weight is 249 g/mol. The molecule has 1 rings (SSSR count). The van der Waals surface area contributed by atoms with Gasteiger partial charge >= 0.3 is 5.97 Å². The van der Waals surface area contributed by atoms with Crippen molar-refractivity contribution in [2.24, 2.45) is 0 Å². The third kappa shape index (κ3) is 3.33. The summed E-state index contributed by atoms with van der Waals surface area (Å²) in [5.41, 5.74) is -1.33. The first kappa shape index (κ1) is 13.3. The Morgan fingerprint density at radius 2 is 2.24 bits per heavy atom. The zero-order valence-electron chi connectivity index (χ0n) is 8.91. The van der Waals surface area contributed by atoms with Crippen molar-refractivity contribution in [2.75, 3.05) is 6.61 Å². The van der Waals surface area contributed by atoms with Gasteiger partial charge in [0.15, 0.2) is 0 Å². The van der Waals surface area contributed by atoms with Crippen LogP contribution in [0.2, 0.25) is 0 Å². The van der Waals surface area contributed by atoms with Gasteiger partial charge in [-0.2, -0.15) is 4.39 Å². The predicted molar refractivity (Wildman–Crippen MR) is 51.2 cm³/mol. The third-order valence-electron chi connectivity index (χ3n) is 1.91. The van der Waals surface area contributed by atoms with Crippen molar-refractivity contribution in [3.8, 4) is 5.75 Å². The number of aromatic nitrogens is 1. The van der Waals surface area contributed by atoms with Gasteiger partial charge in [0, 0.05) is 0 Å². The number of ether oxygens (including phenoxy) is 1. The largest absolute Gasteiger partial charge is 0.506 e. The molecule has 0 radical (unpaired) electrons. The lowest BCUT2D eigenvalue weighted by Gasteiger charge is -2.07. The fourth-order valence-electron chi connectivity index (χ4n) is 1.16. The van der Waals surface area contributed by atoms with E-state index in [2.05, 4.69) is 9.72 Å². The smallest absolute Gasteiger partial charge is 0.312 e. The van der Waals surface area contributed by atoms with Gasteiger partial charge in [-0.25, -0.2) is 13.8 Å². The molecule has 0 aliphatic rings. The fourth-order valence-corrected chi connectivity index (χ4v) is 1.16. The third-order valence-corrected chi connectivity index (χ3v) is 1.91. The molecule has 0 saturated heterocycles. The molecule has 0 aliphatic carbocycles. The number of nitrogens with zero attached hydrogens (tertiary/aromatic N) is 1. The molecule has 0 spiro atoms. The molecular formula is C10H10F3NO3. The minimum absolute atomic E-state index is 0.122. The lowest BCUT2D eigenvalue weighted by molar-refractivity contribution is -0.142. The van der Waals surface area contributed by atoms with Gasteiger partial charge in [0.1, 0.15) is 5.75 Å². The summed E-state index contributed by atoms with van der Waals surface area (Å²) in [6.07, 6.45) is -3.55. The number of halogens is 3. The number of hydrogen-bond acceptors (Lipinski definition) is 4. The quantitative estimate of drug-likeness (QED) is 0.654. The van der Waals surface area contributed by atoms with E-state index in [4.69, 9.17) is 0 Å². The standard InChI is InChI=1S/C10H10F3NO3/c1-2-17-8(16)4-6-7(15)3-5(9(11)12)10(13)14-6/h3,9,15H,2,4H2,1H3. The van der Waals surface area contributed by atoms with Gasteiger partial charge in [0.25, 0.3) is 6.43 Å². The molecule has 0 aliphatic heterocycles. The van der Waals surface area contributed by atoms with Crippen molar-refractivity contribution in [2.45, 2.75) is 19.8 Å². The summed E-state index contributed by atoms with van der Waals surface area (Å²) in [6, 6.07) is 0.557. The second-order valence-electron chi connectivity index (χ2n) is 3.12. The predicted octanol–water partition coefficient (Wildman–Crippen LogP) is 1.97. The molecule has 0 aromatic carbocycles. The van der Waals surface area contributed by atoms with Crippen LogP contribution in [0.1, 0.15) is 24.6 Å². The van der Waals surface area contributed by atoms with E-state index in [1.165, 1.54) is 0 Å². The van der Waals surface area contributed by atoms with E-state index in [0.29, 0.717) is 6.07 Å². The molecule has 0 atom stereocenters. The Labute approximate surface area is 95.0 Å². The molecule has 0 amide bonds. The molecule has 4 nitrogen and oxygen atoms in total. The summed E-state index contributed by atoms with van der Waals surface area (Å²) in [6.45, 7) is 1.70. The SMILES string of the molecule is CCOC(=O)Cc1nc(F)c(C(F)F)cc1O. The lowest BCUT2D eigenvalue weighted by Crippen LogP contribution is -2.10. The first-order valence-electron chi connectivity index (χ1n) is 4.77. The van der Waals surface area contributed by atoms with Crippen molar-refractivity contribution >= 4 is 5.97 Å². The Balaban J connectivity index is 2.95. The van der Waals surface area contributed by atoms with Gasteiger partial charge in [-0.05, 0) is 13.0 Å². The molecule has 17 heavy (non-hydrogen) atoms. The van der Waals surface area contributed by atoms with E-state index in [-0.39, 0.29) is 12.3 Å². The van der Waals surface area contributed by atoms with Gasteiger partial charge in [-0.3, -0.25) is 4.79 Å². The van der Waals surface area contributed by atoms with E-state index in [0.717, 1.165) is 0 Å². The highest BCUT2D eigenvalue weighted by atomic mass is 19.3. The second-order valence-corrected chi connectivity index (χ2v) is 3.12. The Bertz CT molecular complexity index is 424. The number of alkyl halides is 2. The molecule has 0 saturated carbocycles. The molecule has 0 bridgehead atoms. The number of hydrogen-bond donors (Lipinski definition) is 1. The number of pyridine rings is 1. The van der Waals surface area contributed by atoms with Crippen LogP contribution >= 0.6 is 0 Å². The van der Waals surface area contributed by atoms with Crippen molar-refractivity contribution in [3.63, 3.8) is 0 Å². The summed E-state index contributed by atoms with van der Waals surface area (Å²) in [5, 5.41) is 9.31. The van der Waals surface area contributed by atoms with Gasteiger partial charge < -0.3 is 9.84 Å². The zero-order valence-corrected chi connectivity index (χ0v) is 8.91. The van der Waals surface area contributed by atoms with Crippen LogP contribution in [0.5, 0.6) is 5.75 Å². The highest BCUT2D eigenvalue weighted by molar-refractivity contribution is 5.72. The van der Waals surface area contributed by atoms with E-state index >= 15 is 0 Å². The summed E-state index contributed by atoms with van der Waals surface area (Å²) in [7, 11) is 0. The molecule has 1 aromatic heterocycles. The maximum Gasteiger partial charge on any atom is 0.312 e. The monoisotopic (exact) mass is 249 g/mol. The molecule has 1 aromatic rings. The van der Waals surface area contributed by atoms with Crippen LogP contribution < -0.4 is 0 Å². The lowest BCUT2D eigenvalue weighted by atomic mass is 10.2. The molecule has 7 heteroatoms. The van der Waals surface area contributed by atoms with Crippen LogP contribution in [0, 0.1) is 5.95 Å². The van der Waals surface area contributed by atoms with E-state index < -0.39 is 36.1 Å². The van der Waals surface area contributed by atoms with Gasteiger partial charge in [0.2, 0.25) is 5.95 Å². The fraction of sp³-hybridized carbons (Fsp3) is 0.400. The number of carbonyl (C=O) groups excluding carboxylic acids is 1. The summed E-state index contributed by atoms with van der Waals surface area (Å²) < 4.78 is 42.1. The number of carbonyl (C=O) groups is 1. The van der Waals surface area contributed by atoms with E-state index in [1.807, 2.05) is 0 Å². The summed E-state index contributed by atoms with van der Waals surface area (Å²) in [5.74, 6) is -2.79. The number of rotatable bonds is 4. The maximum atomic E-state index is 13.1. The maximum absolute atomic E-state index is 13.1. The normalized spacial score (nSPS) is 10.6. The topological polar surface area (TPSA) is 59.4 Å². The van der Waals surface area contributed by atoms with Crippen LogP contribution in [0.15, 0.2) is 6.07 Å². The van der Waals surface area contributed by atoms with Gasteiger partial charge in [0.05, 0.1) is 24.3 Å². The van der Waals surface area contributed by atoms with Gasteiger partial charge in [-0.1, -0.05) is 0 Å². The Hall–Kier alpha value is -1.79. The van der Waals surface area contributed by atoms with Crippen molar-refractivity contribution in [3.05, 3.63) is 23.3 Å².